The monoisotopic (exact) mass is 491 g/mol. The largest absolute Gasteiger partial charge is 0.481 e. The molecule has 1 heterocycles. The number of nitrogens with zero attached hydrogens (tertiary/aromatic N) is 2. The number of nitrogens with one attached hydrogen (secondary N) is 1. The number of rotatable bonds is 9. The van der Waals surface area contributed by atoms with Crippen LogP contribution >= 0.6 is 11.6 Å². The lowest BCUT2D eigenvalue weighted by molar-refractivity contribution is -0.137. The van der Waals surface area contributed by atoms with Crippen LogP contribution < -0.4 is 5.32 Å². The molecule has 4 aromatic rings. The van der Waals surface area contributed by atoms with E-state index in [1.807, 2.05) is 12.1 Å². The Balaban J connectivity index is 1.60. The van der Waals surface area contributed by atoms with Crippen molar-refractivity contribution < 1.29 is 19.1 Å². The maximum absolute atomic E-state index is 13.5. The number of aryl methyl sites for hydroxylation is 1. The summed E-state index contributed by atoms with van der Waals surface area (Å²) in [5.41, 5.74) is 4.55. The molecule has 0 aliphatic heterocycles. The van der Waals surface area contributed by atoms with E-state index in [-0.39, 0.29) is 18.1 Å². The molecule has 0 fully saturated rings. The highest BCUT2D eigenvalue weighted by Gasteiger charge is 2.14. The third-order valence-electron chi connectivity index (χ3n) is 5.54. The first kappa shape index (κ1) is 24.3. The Morgan fingerprint density at radius 1 is 0.914 bits per heavy atom. The van der Waals surface area contributed by atoms with E-state index in [0.717, 1.165) is 11.1 Å². The van der Waals surface area contributed by atoms with Gasteiger partial charge in [-0.25, -0.2) is 14.4 Å². The van der Waals surface area contributed by atoms with Gasteiger partial charge in [0.1, 0.15) is 5.82 Å². The minimum Gasteiger partial charge on any atom is -0.481 e. The van der Waals surface area contributed by atoms with E-state index in [1.54, 1.807) is 42.5 Å². The molecule has 6 nitrogen and oxygen atoms in total. The van der Waals surface area contributed by atoms with Gasteiger partial charge in [-0.2, -0.15) is 0 Å². The number of hydrogen-bond acceptors (Lipinski definition) is 4. The number of carboxylic acids is 1. The second-order valence-electron chi connectivity index (χ2n) is 8.14. The van der Waals surface area contributed by atoms with Crippen LogP contribution in [0, 0.1) is 5.82 Å². The maximum Gasteiger partial charge on any atom is 0.303 e. The molecule has 4 rings (SSSR count). The van der Waals surface area contributed by atoms with E-state index >= 15 is 0 Å². The van der Waals surface area contributed by atoms with E-state index in [4.69, 9.17) is 26.7 Å². The smallest absolute Gasteiger partial charge is 0.303 e. The first-order chi connectivity index (χ1) is 16.9. The van der Waals surface area contributed by atoms with E-state index in [1.165, 1.54) is 12.1 Å². The minimum absolute atomic E-state index is 0.0742. The van der Waals surface area contributed by atoms with Crippen LogP contribution in [0.2, 0.25) is 5.02 Å². The van der Waals surface area contributed by atoms with E-state index in [2.05, 4.69) is 5.32 Å². The molecular formula is C27H23ClFN3O3. The second kappa shape index (κ2) is 11.1. The molecule has 1 amide bonds. The summed E-state index contributed by atoms with van der Waals surface area (Å²) in [6, 6.07) is 18.4. The highest BCUT2D eigenvalue weighted by atomic mass is 35.5. The summed E-state index contributed by atoms with van der Waals surface area (Å²) in [5, 5.41) is 12.4. The number of amides is 1. The number of carboxylic acid groups (broad SMARTS) is 1. The van der Waals surface area contributed by atoms with Crippen LogP contribution in [0.4, 0.5) is 4.39 Å². The molecule has 35 heavy (non-hydrogen) atoms. The van der Waals surface area contributed by atoms with Crippen LogP contribution in [0.15, 0.2) is 66.7 Å². The van der Waals surface area contributed by atoms with Crippen molar-refractivity contribution >= 4 is 34.5 Å². The molecule has 0 spiro atoms. The Morgan fingerprint density at radius 3 is 2.37 bits per heavy atom. The molecule has 178 valence electrons. The number of aromatic nitrogens is 2. The van der Waals surface area contributed by atoms with Crippen LogP contribution in [-0.2, 0) is 17.8 Å². The number of fused-ring (bicyclic) bond motifs is 1. The third-order valence-corrected chi connectivity index (χ3v) is 5.79. The number of carbonyl (C=O) groups excluding carboxylic acids is 1. The second-order valence-corrected chi connectivity index (χ2v) is 8.58. The SMILES string of the molecule is O=C(O)CCCCc1nc2cc(C(=O)NCc3ccc(Cl)cc3)ccc2nc1-c1ccc(F)cc1. The van der Waals surface area contributed by atoms with E-state index in [0.29, 0.717) is 58.8 Å². The third kappa shape index (κ3) is 6.39. The zero-order valence-corrected chi connectivity index (χ0v) is 19.6. The van der Waals surface area contributed by atoms with Gasteiger partial charge in [-0.05, 0) is 79.4 Å². The standard InChI is InChI=1S/C27H23ClFN3O3/c28-20-10-5-17(6-11-20)16-30-27(35)19-9-14-22-24(15-19)31-23(3-1-2-4-25(33)34)26(32-22)18-7-12-21(29)13-8-18/h5-15H,1-4,16H2,(H,30,35)(H,33,34). The fourth-order valence-corrected chi connectivity index (χ4v) is 3.83. The summed E-state index contributed by atoms with van der Waals surface area (Å²) >= 11 is 5.91. The summed E-state index contributed by atoms with van der Waals surface area (Å²) in [5.74, 6) is -1.43. The van der Waals surface area contributed by atoms with E-state index in [9.17, 15) is 14.0 Å². The van der Waals surface area contributed by atoms with E-state index < -0.39 is 5.97 Å². The topological polar surface area (TPSA) is 92.2 Å². The van der Waals surface area contributed by atoms with Crippen LogP contribution in [0.3, 0.4) is 0 Å². The number of aliphatic carboxylic acids is 1. The lowest BCUT2D eigenvalue weighted by Gasteiger charge is -2.11. The normalized spacial score (nSPS) is 10.9. The van der Waals surface area contributed by atoms with Gasteiger partial charge in [-0.15, -0.1) is 0 Å². The minimum atomic E-state index is -0.845. The van der Waals surface area contributed by atoms with Gasteiger partial charge in [-0.3, -0.25) is 9.59 Å². The molecule has 0 aliphatic rings. The molecule has 2 N–H and O–H groups in total. The molecule has 0 radical (unpaired) electrons. The Kier molecular flexibility index (Phi) is 7.67. The van der Waals surface area contributed by atoms with Crippen molar-refractivity contribution in [1.82, 2.24) is 15.3 Å². The molecule has 0 unspecified atom stereocenters. The van der Waals surface area contributed by atoms with Crippen LogP contribution in [0.1, 0.15) is 40.9 Å². The average Bonchev–Trinajstić information content (AvgIpc) is 2.85. The van der Waals surface area contributed by atoms with Gasteiger partial charge in [0.25, 0.3) is 5.91 Å². The van der Waals surface area contributed by atoms with Gasteiger partial charge in [0.05, 0.1) is 22.4 Å². The van der Waals surface area contributed by atoms with Crippen molar-refractivity contribution in [3.63, 3.8) is 0 Å². The number of carbonyl (C=O) groups is 2. The molecule has 0 aliphatic carbocycles. The maximum atomic E-state index is 13.5. The Hall–Kier alpha value is -3.84. The van der Waals surface area contributed by atoms with Crippen molar-refractivity contribution in [2.24, 2.45) is 0 Å². The molecule has 3 aromatic carbocycles. The number of unbranched alkanes of at least 4 members (excludes halogenated alkanes) is 1. The van der Waals surface area contributed by atoms with Crippen LogP contribution in [0.5, 0.6) is 0 Å². The highest BCUT2D eigenvalue weighted by Crippen LogP contribution is 2.26. The first-order valence-electron chi connectivity index (χ1n) is 11.2. The summed E-state index contributed by atoms with van der Waals surface area (Å²) in [7, 11) is 0. The zero-order valence-electron chi connectivity index (χ0n) is 18.8. The Morgan fingerprint density at radius 2 is 1.66 bits per heavy atom. The number of hydrogen-bond donors (Lipinski definition) is 2. The van der Waals surface area contributed by atoms with Gasteiger partial charge >= 0.3 is 5.97 Å². The predicted octanol–water partition coefficient (Wildman–Crippen LogP) is 5.82. The molecule has 1 aromatic heterocycles. The fourth-order valence-electron chi connectivity index (χ4n) is 3.70. The van der Waals surface area contributed by atoms with Crippen molar-refractivity contribution in [2.45, 2.75) is 32.2 Å². The Bertz CT molecular complexity index is 1360. The van der Waals surface area contributed by atoms with Gasteiger partial charge < -0.3 is 10.4 Å². The molecule has 0 saturated carbocycles. The highest BCUT2D eigenvalue weighted by molar-refractivity contribution is 6.30. The quantitative estimate of drug-likeness (QED) is 0.288. The van der Waals surface area contributed by atoms with Gasteiger partial charge in [-0.1, -0.05) is 23.7 Å². The molecular weight excluding hydrogens is 469 g/mol. The van der Waals surface area contributed by atoms with Crippen molar-refractivity contribution in [2.75, 3.05) is 0 Å². The summed E-state index contributed by atoms with van der Waals surface area (Å²) < 4.78 is 13.5. The molecule has 8 heteroatoms. The van der Waals surface area contributed by atoms with Crippen LogP contribution in [-0.4, -0.2) is 27.0 Å². The van der Waals surface area contributed by atoms with Gasteiger partial charge in [0.2, 0.25) is 0 Å². The van der Waals surface area contributed by atoms with Crippen molar-refractivity contribution in [3.8, 4) is 11.3 Å². The number of benzene rings is 3. The Labute approximate surface area is 206 Å². The van der Waals surface area contributed by atoms with Crippen molar-refractivity contribution in [1.29, 1.82) is 0 Å². The predicted molar refractivity (Wildman–Crippen MR) is 133 cm³/mol. The van der Waals surface area contributed by atoms with Crippen LogP contribution in [0.25, 0.3) is 22.3 Å². The molecule has 0 bridgehead atoms. The zero-order chi connectivity index (χ0) is 24.8. The summed E-state index contributed by atoms with van der Waals surface area (Å²) in [6.07, 6.45) is 1.70. The fraction of sp³-hybridized carbons (Fsp3) is 0.185. The molecule has 0 atom stereocenters. The lowest BCUT2D eigenvalue weighted by atomic mass is 10.0. The average molecular weight is 492 g/mol. The van der Waals surface area contributed by atoms with Crippen molar-refractivity contribution in [3.05, 3.63) is 94.4 Å². The summed E-state index contributed by atoms with van der Waals surface area (Å²) in [6.45, 7) is 0.359. The summed E-state index contributed by atoms with van der Waals surface area (Å²) in [4.78, 5) is 33.1. The molecule has 0 saturated heterocycles. The van der Waals surface area contributed by atoms with Gasteiger partial charge in [0.15, 0.2) is 0 Å². The number of halogens is 2. The first-order valence-corrected chi connectivity index (χ1v) is 11.6. The van der Waals surface area contributed by atoms with Gasteiger partial charge in [0, 0.05) is 29.1 Å². The lowest BCUT2D eigenvalue weighted by Crippen LogP contribution is -2.22.